The SMILES string of the molecule is Cc1nc(CCN=[N+]=[N-])c([N+](=O)[O-])n1C. The number of aryl methyl sites for hydroxylation is 1. The van der Waals surface area contributed by atoms with Gasteiger partial charge in [-0.05, 0) is 10.5 Å². The van der Waals surface area contributed by atoms with E-state index in [9.17, 15) is 10.1 Å². The topological polar surface area (TPSA) is 110 Å². The summed E-state index contributed by atoms with van der Waals surface area (Å²) in [4.78, 5) is 16.9. The molecule has 0 spiro atoms. The first-order chi connectivity index (χ1) is 7.07. The average Bonchev–Trinajstić information content (AvgIpc) is 2.43. The maximum Gasteiger partial charge on any atom is 0.345 e. The van der Waals surface area contributed by atoms with Crippen LogP contribution < -0.4 is 0 Å². The van der Waals surface area contributed by atoms with E-state index in [4.69, 9.17) is 5.53 Å². The van der Waals surface area contributed by atoms with Crippen molar-refractivity contribution in [1.82, 2.24) is 9.55 Å². The average molecular weight is 210 g/mol. The van der Waals surface area contributed by atoms with Crippen LogP contribution in [0.2, 0.25) is 0 Å². The van der Waals surface area contributed by atoms with Crippen LogP contribution in [-0.2, 0) is 13.5 Å². The molecule has 0 saturated heterocycles. The van der Waals surface area contributed by atoms with E-state index in [1.807, 2.05) is 0 Å². The van der Waals surface area contributed by atoms with Gasteiger partial charge >= 0.3 is 5.82 Å². The standard InChI is InChI=1S/C7H10N6O2/c1-5-10-6(3-4-9-11-8)7(12(5)2)13(14)15/h3-4H2,1-2H3. The molecule has 80 valence electrons. The molecule has 1 rings (SSSR count). The van der Waals surface area contributed by atoms with Crippen LogP contribution in [0.15, 0.2) is 5.11 Å². The molecule has 0 amide bonds. The lowest BCUT2D eigenvalue weighted by Gasteiger charge is -1.96. The molecular formula is C7H10N6O2. The molecule has 0 bridgehead atoms. The molecule has 1 heterocycles. The van der Waals surface area contributed by atoms with Gasteiger partial charge in [-0.25, -0.2) is 9.55 Å². The van der Waals surface area contributed by atoms with Crippen molar-refractivity contribution in [3.63, 3.8) is 0 Å². The number of nitro groups is 1. The zero-order valence-corrected chi connectivity index (χ0v) is 8.41. The van der Waals surface area contributed by atoms with Crippen molar-refractivity contribution in [2.45, 2.75) is 13.3 Å². The first-order valence-electron chi connectivity index (χ1n) is 4.25. The molecule has 0 unspecified atom stereocenters. The fourth-order valence-electron chi connectivity index (χ4n) is 1.26. The van der Waals surface area contributed by atoms with Crippen molar-refractivity contribution in [3.8, 4) is 0 Å². The molecule has 0 atom stereocenters. The van der Waals surface area contributed by atoms with E-state index in [2.05, 4.69) is 15.0 Å². The Balaban J connectivity index is 3.01. The Morgan fingerprint density at radius 2 is 2.40 bits per heavy atom. The van der Waals surface area contributed by atoms with E-state index >= 15 is 0 Å². The Kier molecular flexibility index (Phi) is 3.25. The van der Waals surface area contributed by atoms with E-state index < -0.39 is 4.92 Å². The van der Waals surface area contributed by atoms with Crippen molar-refractivity contribution in [2.24, 2.45) is 12.2 Å². The summed E-state index contributed by atoms with van der Waals surface area (Å²) in [7, 11) is 1.58. The Hall–Kier alpha value is -2.08. The second kappa shape index (κ2) is 4.43. The van der Waals surface area contributed by atoms with Gasteiger partial charge in [0.15, 0.2) is 5.82 Å². The van der Waals surface area contributed by atoms with Gasteiger partial charge in [0, 0.05) is 24.8 Å². The van der Waals surface area contributed by atoms with Crippen LogP contribution in [0.1, 0.15) is 11.5 Å². The summed E-state index contributed by atoms with van der Waals surface area (Å²) >= 11 is 0. The first kappa shape index (κ1) is 11.0. The Morgan fingerprint density at radius 1 is 1.73 bits per heavy atom. The third-order valence-corrected chi connectivity index (χ3v) is 2.04. The number of aromatic nitrogens is 2. The number of rotatable bonds is 4. The zero-order valence-electron chi connectivity index (χ0n) is 8.41. The van der Waals surface area contributed by atoms with Gasteiger partial charge in [0.1, 0.15) is 5.69 Å². The predicted octanol–water partition coefficient (Wildman–Crippen LogP) is 1.49. The molecule has 0 aliphatic rings. The summed E-state index contributed by atoms with van der Waals surface area (Å²) in [6.45, 7) is 1.86. The van der Waals surface area contributed by atoms with Crippen LogP contribution in [-0.4, -0.2) is 21.0 Å². The molecule has 0 fully saturated rings. The van der Waals surface area contributed by atoms with Crippen molar-refractivity contribution < 1.29 is 4.92 Å². The summed E-state index contributed by atoms with van der Waals surface area (Å²) in [5.74, 6) is 0.526. The maximum atomic E-state index is 10.7. The number of hydrogen-bond donors (Lipinski definition) is 0. The van der Waals surface area contributed by atoms with Gasteiger partial charge in [0.2, 0.25) is 0 Å². The lowest BCUT2D eigenvalue weighted by molar-refractivity contribution is -0.392. The van der Waals surface area contributed by atoms with E-state index in [1.54, 1.807) is 14.0 Å². The Bertz CT molecular complexity index is 431. The number of nitrogens with zero attached hydrogens (tertiary/aromatic N) is 6. The highest BCUT2D eigenvalue weighted by Crippen LogP contribution is 2.19. The largest absolute Gasteiger partial charge is 0.358 e. The second-order valence-corrected chi connectivity index (χ2v) is 2.95. The lowest BCUT2D eigenvalue weighted by atomic mass is 10.3. The molecule has 0 saturated carbocycles. The lowest BCUT2D eigenvalue weighted by Crippen LogP contribution is -2.01. The van der Waals surface area contributed by atoms with Crippen LogP contribution in [0.4, 0.5) is 5.82 Å². The molecule has 8 nitrogen and oxygen atoms in total. The van der Waals surface area contributed by atoms with Crippen LogP contribution >= 0.6 is 0 Å². The van der Waals surface area contributed by atoms with E-state index in [0.717, 1.165) is 0 Å². The molecule has 0 aromatic carbocycles. The highest BCUT2D eigenvalue weighted by Gasteiger charge is 2.21. The van der Waals surface area contributed by atoms with Crippen LogP contribution in [0.25, 0.3) is 10.4 Å². The molecule has 1 aromatic heterocycles. The molecule has 8 heteroatoms. The number of imidazole rings is 1. The number of azide groups is 1. The minimum absolute atomic E-state index is 0.0411. The third kappa shape index (κ3) is 2.23. The highest BCUT2D eigenvalue weighted by atomic mass is 16.6. The molecule has 15 heavy (non-hydrogen) atoms. The molecule has 0 N–H and O–H groups in total. The molecule has 1 aromatic rings. The Labute approximate surface area is 85.3 Å². The summed E-state index contributed by atoms with van der Waals surface area (Å²) in [6.07, 6.45) is 0.280. The maximum absolute atomic E-state index is 10.7. The smallest absolute Gasteiger partial charge is 0.345 e. The third-order valence-electron chi connectivity index (χ3n) is 2.04. The zero-order chi connectivity index (χ0) is 11.4. The minimum Gasteiger partial charge on any atom is -0.358 e. The second-order valence-electron chi connectivity index (χ2n) is 2.95. The highest BCUT2D eigenvalue weighted by molar-refractivity contribution is 5.30. The fraction of sp³-hybridized carbons (Fsp3) is 0.571. The van der Waals surface area contributed by atoms with Crippen molar-refractivity contribution in [3.05, 3.63) is 32.1 Å². The summed E-state index contributed by atoms with van der Waals surface area (Å²) in [6, 6.07) is 0. The van der Waals surface area contributed by atoms with Gasteiger partial charge in [-0.15, -0.1) is 0 Å². The van der Waals surface area contributed by atoms with Crippen LogP contribution in [0, 0.1) is 17.0 Å². The van der Waals surface area contributed by atoms with Crippen molar-refractivity contribution >= 4 is 5.82 Å². The van der Waals surface area contributed by atoms with Gasteiger partial charge in [-0.1, -0.05) is 5.11 Å². The van der Waals surface area contributed by atoms with Crippen LogP contribution in [0.3, 0.4) is 0 Å². The minimum atomic E-state index is -0.481. The molecule has 0 aliphatic heterocycles. The van der Waals surface area contributed by atoms with Crippen LogP contribution in [0.5, 0.6) is 0 Å². The summed E-state index contributed by atoms with van der Waals surface area (Å²) < 4.78 is 1.41. The quantitative estimate of drug-likeness (QED) is 0.247. The van der Waals surface area contributed by atoms with Gasteiger partial charge in [-0.3, -0.25) is 0 Å². The molecular weight excluding hydrogens is 200 g/mol. The van der Waals surface area contributed by atoms with Gasteiger partial charge in [0.25, 0.3) is 0 Å². The van der Waals surface area contributed by atoms with Crippen molar-refractivity contribution in [1.29, 1.82) is 0 Å². The van der Waals surface area contributed by atoms with E-state index in [0.29, 0.717) is 11.5 Å². The van der Waals surface area contributed by atoms with Gasteiger partial charge < -0.3 is 10.1 Å². The predicted molar refractivity (Wildman–Crippen MR) is 52.3 cm³/mol. The van der Waals surface area contributed by atoms with Gasteiger partial charge in [0.05, 0.1) is 7.05 Å². The van der Waals surface area contributed by atoms with E-state index in [1.165, 1.54) is 4.57 Å². The Morgan fingerprint density at radius 3 is 2.93 bits per heavy atom. The monoisotopic (exact) mass is 210 g/mol. The number of hydrogen-bond acceptors (Lipinski definition) is 4. The summed E-state index contributed by atoms with van der Waals surface area (Å²) in [5, 5.41) is 14.0. The first-order valence-corrected chi connectivity index (χ1v) is 4.25. The normalized spacial score (nSPS) is 9.73. The fourth-order valence-corrected chi connectivity index (χ4v) is 1.26. The summed E-state index contributed by atoms with van der Waals surface area (Å²) in [5.41, 5.74) is 8.44. The van der Waals surface area contributed by atoms with E-state index in [-0.39, 0.29) is 18.8 Å². The van der Waals surface area contributed by atoms with Gasteiger partial charge in [-0.2, -0.15) is 0 Å². The molecule has 0 radical (unpaired) electrons. The van der Waals surface area contributed by atoms with Crippen molar-refractivity contribution in [2.75, 3.05) is 6.54 Å². The molecule has 0 aliphatic carbocycles.